The highest BCUT2D eigenvalue weighted by Crippen LogP contribution is 2.35. The SMILES string of the molecule is CC(C)(C)OC(=O)[C@H](Cc1ccccc1)NC(=O)C1CCC/C1=C(\F)CN1C(=O)c2ccccc2C1=O. The molecule has 1 aliphatic heterocycles. The molecule has 1 heterocycles. The summed E-state index contributed by atoms with van der Waals surface area (Å²) in [6, 6.07) is 14.7. The van der Waals surface area contributed by atoms with E-state index in [-0.39, 0.29) is 23.1 Å². The first-order valence-corrected chi connectivity index (χ1v) is 12.4. The lowest BCUT2D eigenvalue weighted by Gasteiger charge is -2.26. The van der Waals surface area contributed by atoms with E-state index in [2.05, 4.69) is 5.32 Å². The summed E-state index contributed by atoms with van der Waals surface area (Å²) in [5.74, 6) is -3.61. The van der Waals surface area contributed by atoms with Crippen LogP contribution in [0, 0.1) is 5.92 Å². The quantitative estimate of drug-likeness (QED) is 0.445. The minimum atomic E-state index is -0.949. The highest BCUT2D eigenvalue weighted by molar-refractivity contribution is 6.21. The van der Waals surface area contributed by atoms with Gasteiger partial charge in [-0.3, -0.25) is 19.3 Å². The Morgan fingerprint density at radius 3 is 2.22 bits per heavy atom. The molecule has 1 aliphatic carbocycles. The molecule has 0 bridgehead atoms. The summed E-state index contributed by atoms with van der Waals surface area (Å²) in [5, 5.41) is 2.78. The molecule has 1 unspecified atom stereocenters. The molecule has 8 heteroatoms. The van der Waals surface area contributed by atoms with Gasteiger partial charge in [0.2, 0.25) is 5.91 Å². The van der Waals surface area contributed by atoms with E-state index in [0.717, 1.165) is 10.5 Å². The average molecular weight is 507 g/mol. The Bertz CT molecular complexity index is 1210. The number of hydrogen-bond donors (Lipinski definition) is 1. The second-order valence-electron chi connectivity index (χ2n) is 10.4. The van der Waals surface area contributed by atoms with Crippen molar-refractivity contribution in [1.29, 1.82) is 0 Å². The summed E-state index contributed by atoms with van der Waals surface area (Å²) in [4.78, 5) is 52.4. The molecule has 2 aromatic rings. The predicted octanol–water partition coefficient (Wildman–Crippen LogP) is 4.38. The fraction of sp³-hybridized carbons (Fsp3) is 0.379. The summed E-state index contributed by atoms with van der Waals surface area (Å²) >= 11 is 0. The van der Waals surface area contributed by atoms with Crippen LogP contribution in [0.15, 0.2) is 66.0 Å². The summed E-state index contributed by atoms with van der Waals surface area (Å²) in [5.41, 5.74) is 0.849. The fourth-order valence-corrected chi connectivity index (χ4v) is 4.77. The van der Waals surface area contributed by atoms with E-state index >= 15 is 4.39 Å². The topological polar surface area (TPSA) is 92.8 Å². The molecule has 1 saturated carbocycles. The van der Waals surface area contributed by atoms with Gasteiger partial charge >= 0.3 is 5.97 Å². The zero-order valence-corrected chi connectivity index (χ0v) is 21.3. The van der Waals surface area contributed by atoms with Gasteiger partial charge in [-0.25, -0.2) is 9.18 Å². The zero-order valence-electron chi connectivity index (χ0n) is 21.3. The van der Waals surface area contributed by atoms with Gasteiger partial charge in [-0.1, -0.05) is 42.5 Å². The third-order valence-electron chi connectivity index (χ3n) is 6.49. The van der Waals surface area contributed by atoms with Gasteiger partial charge in [0.15, 0.2) is 0 Å². The van der Waals surface area contributed by atoms with Gasteiger partial charge < -0.3 is 10.1 Å². The molecule has 0 saturated heterocycles. The standard InChI is InChI=1S/C29H31FN2O5/c1-29(2,3)37-28(36)24(16-18-10-5-4-6-11-18)31-25(33)20-15-9-14-19(20)23(30)17-32-26(34)21-12-7-8-13-22(21)27(32)35/h4-8,10-13,20,24H,9,14-17H2,1-3H3,(H,31,33)/b23-19+/t20?,24-/m0/s1. The van der Waals surface area contributed by atoms with Crippen LogP contribution in [0.2, 0.25) is 0 Å². The monoisotopic (exact) mass is 506 g/mol. The van der Waals surface area contributed by atoms with Crippen LogP contribution in [-0.2, 0) is 20.7 Å². The van der Waals surface area contributed by atoms with Crippen molar-refractivity contribution >= 4 is 23.7 Å². The molecule has 1 N–H and O–H groups in total. The molecule has 3 amide bonds. The van der Waals surface area contributed by atoms with Crippen LogP contribution in [0.3, 0.4) is 0 Å². The Morgan fingerprint density at radius 1 is 1.03 bits per heavy atom. The normalized spacial score (nSPS) is 19.5. The van der Waals surface area contributed by atoms with Crippen molar-refractivity contribution < 1.29 is 28.3 Å². The second kappa shape index (κ2) is 10.7. The van der Waals surface area contributed by atoms with Gasteiger partial charge in [-0.2, -0.15) is 0 Å². The summed E-state index contributed by atoms with van der Waals surface area (Å²) < 4.78 is 21.0. The maximum Gasteiger partial charge on any atom is 0.329 e. The maximum atomic E-state index is 15.5. The number of amides is 3. The average Bonchev–Trinajstić information content (AvgIpc) is 3.43. The Labute approximate surface area is 215 Å². The van der Waals surface area contributed by atoms with Crippen LogP contribution < -0.4 is 5.32 Å². The molecule has 0 spiro atoms. The van der Waals surface area contributed by atoms with Crippen LogP contribution in [-0.4, -0.2) is 46.8 Å². The highest BCUT2D eigenvalue weighted by atomic mass is 19.1. The van der Waals surface area contributed by atoms with E-state index in [9.17, 15) is 19.2 Å². The molecule has 2 aliphatic rings. The van der Waals surface area contributed by atoms with E-state index in [1.54, 1.807) is 32.9 Å². The molecule has 0 radical (unpaired) electrons. The summed E-state index contributed by atoms with van der Waals surface area (Å²) in [7, 11) is 0. The van der Waals surface area contributed by atoms with Crippen LogP contribution in [0.1, 0.15) is 66.3 Å². The molecule has 2 atom stereocenters. The number of benzene rings is 2. The molecule has 7 nitrogen and oxygen atoms in total. The zero-order chi connectivity index (χ0) is 26.7. The van der Waals surface area contributed by atoms with Gasteiger partial charge in [0.05, 0.1) is 23.6 Å². The third-order valence-corrected chi connectivity index (χ3v) is 6.49. The number of carbonyl (C=O) groups is 4. The number of fused-ring (bicyclic) bond motifs is 1. The van der Waals surface area contributed by atoms with Gasteiger partial charge in [0.1, 0.15) is 17.5 Å². The Hall–Kier alpha value is -3.81. The van der Waals surface area contributed by atoms with Crippen molar-refractivity contribution in [3.63, 3.8) is 0 Å². The van der Waals surface area contributed by atoms with Crippen LogP contribution in [0.25, 0.3) is 0 Å². The van der Waals surface area contributed by atoms with Crippen molar-refractivity contribution in [2.45, 2.75) is 58.1 Å². The maximum absolute atomic E-state index is 15.5. The predicted molar refractivity (Wildman–Crippen MR) is 135 cm³/mol. The van der Waals surface area contributed by atoms with Crippen molar-refractivity contribution in [2.24, 2.45) is 5.92 Å². The van der Waals surface area contributed by atoms with Crippen molar-refractivity contribution in [2.75, 3.05) is 6.54 Å². The lowest BCUT2D eigenvalue weighted by molar-refractivity contribution is -0.158. The number of ether oxygens (including phenoxy) is 1. The lowest BCUT2D eigenvalue weighted by Crippen LogP contribution is -2.47. The summed E-state index contributed by atoms with van der Waals surface area (Å²) in [6.45, 7) is 4.72. The minimum Gasteiger partial charge on any atom is -0.458 e. The number of hydrogen-bond acceptors (Lipinski definition) is 5. The van der Waals surface area contributed by atoms with E-state index < -0.39 is 53.6 Å². The lowest BCUT2D eigenvalue weighted by atomic mass is 9.98. The molecular weight excluding hydrogens is 475 g/mol. The second-order valence-corrected chi connectivity index (χ2v) is 10.4. The number of carbonyl (C=O) groups excluding carboxylic acids is 4. The molecule has 0 aromatic heterocycles. The number of halogens is 1. The van der Waals surface area contributed by atoms with Crippen molar-refractivity contribution in [1.82, 2.24) is 10.2 Å². The van der Waals surface area contributed by atoms with Gasteiger partial charge in [0, 0.05) is 6.42 Å². The number of esters is 1. The number of imide groups is 1. The molecule has 1 fully saturated rings. The van der Waals surface area contributed by atoms with Crippen molar-refractivity contribution in [3.05, 3.63) is 82.7 Å². The molecule has 194 valence electrons. The Balaban J connectivity index is 1.51. The van der Waals surface area contributed by atoms with Crippen LogP contribution >= 0.6 is 0 Å². The van der Waals surface area contributed by atoms with E-state index in [0.29, 0.717) is 19.3 Å². The van der Waals surface area contributed by atoms with E-state index in [4.69, 9.17) is 4.74 Å². The van der Waals surface area contributed by atoms with E-state index in [1.165, 1.54) is 12.1 Å². The number of rotatable bonds is 7. The van der Waals surface area contributed by atoms with Crippen LogP contribution in [0.5, 0.6) is 0 Å². The first-order valence-electron chi connectivity index (χ1n) is 12.4. The smallest absolute Gasteiger partial charge is 0.329 e. The third kappa shape index (κ3) is 5.96. The van der Waals surface area contributed by atoms with Crippen molar-refractivity contribution in [3.8, 4) is 0 Å². The molecular formula is C29H31FN2O5. The number of nitrogens with one attached hydrogen (secondary N) is 1. The van der Waals surface area contributed by atoms with Gasteiger partial charge in [0.25, 0.3) is 11.8 Å². The minimum absolute atomic E-state index is 0.227. The first-order chi connectivity index (χ1) is 17.5. The van der Waals surface area contributed by atoms with Gasteiger partial charge in [-0.15, -0.1) is 0 Å². The first kappa shape index (κ1) is 26.3. The largest absolute Gasteiger partial charge is 0.458 e. The Kier molecular flexibility index (Phi) is 7.57. The molecule has 2 aromatic carbocycles. The van der Waals surface area contributed by atoms with E-state index in [1.807, 2.05) is 30.3 Å². The summed E-state index contributed by atoms with van der Waals surface area (Å²) in [6.07, 6.45) is 1.55. The number of nitrogens with zero attached hydrogens (tertiary/aromatic N) is 1. The highest BCUT2D eigenvalue weighted by Gasteiger charge is 2.38. The fourth-order valence-electron chi connectivity index (χ4n) is 4.77. The molecule has 4 rings (SSSR count). The van der Waals surface area contributed by atoms with Gasteiger partial charge in [-0.05, 0) is 63.3 Å². The van der Waals surface area contributed by atoms with Crippen LogP contribution in [0.4, 0.5) is 4.39 Å². The Morgan fingerprint density at radius 2 is 1.62 bits per heavy atom. The molecule has 37 heavy (non-hydrogen) atoms.